The molecule has 0 spiro atoms. The fraction of sp³-hybridized carbons (Fsp3) is 0.400. The molecule has 1 N–H and O–H groups in total. The molecule has 1 saturated heterocycles. The fourth-order valence-electron chi connectivity index (χ4n) is 3.43. The number of halogens is 2. The van der Waals surface area contributed by atoms with Crippen LogP contribution in [0.2, 0.25) is 5.02 Å². The number of benzene rings is 2. The number of hydrogen-bond acceptors (Lipinski definition) is 4. The zero-order chi connectivity index (χ0) is 20.5. The molecule has 1 atom stereocenters. The lowest BCUT2D eigenvalue weighted by Crippen LogP contribution is -2.45. The van der Waals surface area contributed by atoms with E-state index >= 15 is 0 Å². The van der Waals surface area contributed by atoms with Gasteiger partial charge in [0, 0.05) is 42.9 Å². The van der Waals surface area contributed by atoms with Crippen molar-refractivity contribution in [2.24, 2.45) is 0 Å². The van der Waals surface area contributed by atoms with Crippen LogP contribution in [0.1, 0.15) is 24.1 Å². The highest BCUT2D eigenvalue weighted by Crippen LogP contribution is 2.30. The summed E-state index contributed by atoms with van der Waals surface area (Å²) in [5.74, 6) is -0.391. The normalized spacial score (nSPS) is 17.0. The number of rotatable bonds is 5. The molecule has 0 saturated carbocycles. The predicted molar refractivity (Wildman–Crippen MR) is 111 cm³/mol. The lowest BCUT2D eigenvalue weighted by atomic mass is 10.0. The van der Waals surface area contributed by atoms with E-state index in [1.54, 1.807) is 32.0 Å². The first-order valence-corrected chi connectivity index (χ1v) is 11.0. The van der Waals surface area contributed by atoms with Gasteiger partial charge >= 0.3 is 0 Å². The summed E-state index contributed by atoms with van der Waals surface area (Å²) >= 11 is 5.98. The zero-order valence-electron chi connectivity index (χ0n) is 16.2. The van der Waals surface area contributed by atoms with E-state index in [4.69, 9.17) is 11.6 Å². The summed E-state index contributed by atoms with van der Waals surface area (Å²) in [6.07, 6.45) is 0. The van der Waals surface area contributed by atoms with Crippen LogP contribution in [0.25, 0.3) is 0 Å². The Bertz CT molecular complexity index is 960. The van der Waals surface area contributed by atoms with Crippen LogP contribution < -0.4 is 9.62 Å². The molecule has 5 nitrogen and oxygen atoms in total. The van der Waals surface area contributed by atoms with E-state index < -0.39 is 21.9 Å². The van der Waals surface area contributed by atoms with Gasteiger partial charge in [0.25, 0.3) is 0 Å². The minimum absolute atomic E-state index is 0.129. The lowest BCUT2D eigenvalue weighted by molar-refractivity contribution is 0.312. The Kier molecular flexibility index (Phi) is 6.29. The average Bonchev–Trinajstić information content (AvgIpc) is 2.64. The lowest BCUT2D eigenvalue weighted by Gasteiger charge is -2.36. The average molecular weight is 426 g/mol. The largest absolute Gasteiger partial charge is 0.369 e. The molecule has 152 valence electrons. The number of nitrogens with zero attached hydrogens (tertiary/aromatic N) is 2. The smallest absolute Gasteiger partial charge is 0.241 e. The quantitative estimate of drug-likeness (QED) is 0.795. The topological polar surface area (TPSA) is 52.7 Å². The minimum atomic E-state index is -3.81. The van der Waals surface area contributed by atoms with Gasteiger partial charge in [-0.3, -0.25) is 0 Å². The molecule has 0 bridgehead atoms. The second kappa shape index (κ2) is 8.37. The Balaban J connectivity index is 1.91. The van der Waals surface area contributed by atoms with Crippen molar-refractivity contribution in [1.29, 1.82) is 0 Å². The summed E-state index contributed by atoms with van der Waals surface area (Å²) in [5, 5.41) is 0.350. The van der Waals surface area contributed by atoms with Crippen LogP contribution in [0.15, 0.2) is 41.3 Å². The standard InChI is InChI=1S/C20H25ClFN3O2S/c1-14-4-5-16(21)12-20(14)28(26,27)23-15(2)18-13-17(22)6-7-19(18)25-10-8-24(3)9-11-25/h4-7,12-13,15,23H,8-11H2,1-3H3. The van der Waals surface area contributed by atoms with Gasteiger partial charge in [0.05, 0.1) is 4.90 Å². The molecule has 8 heteroatoms. The Labute approximate surface area is 171 Å². The van der Waals surface area contributed by atoms with Crippen molar-refractivity contribution in [3.8, 4) is 0 Å². The first-order valence-electron chi connectivity index (χ1n) is 9.19. The summed E-state index contributed by atoms with van der Waals surface area (Å²) < 4.78 is 42.5. The molecule has 0 amide bonds. The van der Waals surface area contributed by atoms with E-state index in [0.717, 1.165) is 31.9 Å². The highest BCUT2D eigenvalue weighted by molar-refractivity contribution is 7.89. The van der Waals surface area contributed by atoms with E-state index in [1.165, 1.54) is 18.2 Å². The molecular formula is C20H25ClFN3O2S. The highest BCUT2D eigenvalue weighted by atomic mass is 35.5. The van der Waals surface area contributed by atoms with Crippen LogP contribution >= 0.6 is 11.6 Å². The Morgan fingerprint density at radius 2 is 1.79 bits per heavy atom. The Hall–Kier alpha value is -1.67. The number of piperazine rings is 1. The molecule has 0 aromatic heterocycles. The van der Waals surface area contributed by atoms with Crippen LogP contribution in [0, 0.1) is 12.7 Å². The number of hydrogen-bond donors (Lipinski definition) is 1. The SMILES string of the molecule is Cc1ccc(Cl)cc1S(=O)(=O)NC(C)c1cc(F)ccc1N1CCN(C)CC1. The summed E-state index contributed by atoms with van der Waals surface area (Å²) in [4.78, 5) is 4.53. The third-order valence-electron chi connectivity index (χ3n) is 5.07. The van der Waals surface area contributed by atoms with Crippen molar-refractivity contribution < 1.29 is 12.8 Å². The van der Waals surface area contributed by atoms with Crippen LogP contribution in [-0.4, -0.2) is 46.5 Å². The van der Waals surface area contributed by atoms with E-state index in [1.807, 2.05) is 0 Å². The van der Waals surface area contributed by atoms with Gasteiger partial charge in [-0.15, -0.1) is 0 Å². The van der Waals surface area contributed by atoms with Gasteiger partial charge in [0.15, 0.2) is 0 Å². The van der Waals surface area contributed by atoms with Crippen molar-refractivity contribution in [3.63, 3.8) is 0 Å². The molecule has 1 unspecified atom stereocenters. The molecule has 0 radical (unpaired) electrons. The summed E-state index contributed by atoms with van der Waals surface area (Å²) in [5.41, 5.74) is 2.07. The maximum Gasteiger partial charge on any atom is 0.241 e. The van der Waals surface area contributed by atoms with Gasteiger partial charge < -0.3 is 9.80 Å². The van der Waals surface area contributed by atoms with Gasteiger partial charge in [0.1, 0.15) is 5.82 Å². The summed E-state index contributed by atoms with van der Waals surface area (Å²) in [6.45, 7) is 6.86. The number of anilines is 1. The number of nitrogens with one attached hydrogen (secondary N) is 1. The molecule has 1 aliphatic heterocycles. The molecule has 1 aliphatic rings. The van der Waals surface area contributed by atoms with Gasteiger partial charge in [-0.25, -0.2) is 17.5 Å². The summed E-state index contributed by atoms with van der Waals surface area (Å²) in [6, 6.07) is 8.69. The molecule has 1 fully saturated rings. The third kappa shape index (κ3) is 4.66. The van der Waals surface area contributed by atoms with E-state index in [0.29, 0.717) is 16.1 Å². The highest BCUT2D eigenvalue weighted by Gasteiger charge is 2.25. The Morgan fingerprint density at radius 3 is 2.46 bits per heavy atom. The molecular weight excluding hydrogens is 401 g/mol. The Morgan fingerprint density at radius 1 is 1.11 bits per heavy atom. The molecule has 2 aromatic rings. The van der Waals surface area contributed by atoms with Crippen LogP contribution in [0.3, 0.4) is 0 Å². The van der Waals surface area contributed by atoms with Gasteiger partial charge in [-0.2, -0.15) is 0 Å². The molecule has 1 heterocycles. The van der Waals surface area contributed by atoms with Crippen molar-refractivity contribution in [2.75, 3.05) is 38.1 Å². The summed E-state index contributed by atoms with van der Waals surface area (Å²) in [7, 11) is -1.75. The van der Waals surface area contributed by atoms with Gasteiger partial charge in [-0.1, -0.05) is 17.7 Å². The zero-order valence-corrected chi connectivity index (χ0v) is 17.8. The second-order valence-electron chi connectivity index (χ2n) is 7.25. The van der Waals surface area contributed by atoms with E-state index in [9.17, 15) is 12.8 Å². The number of likely N-dealkylation sites (N-methyl/N-ethyl adjacent to an activating group) is 1. The van der Waals surface area contributed by atoms with Crippen LogP contribution in [0.4, 0.5) is 10.1 Å². The number of aryl methyl sites for hydroxylation is 1. The van der Waals surface area contributed by atoms with Crippen LogP contribution in [-0.2, 0) is 10.0 Å². The predicted octanol–water partition coefficient (Wildman–Crippen LogP) is 3.58. The van der Waals surface area contributed by atoms with Crippen molar-refractivity contribution in [3.05, 3.63) is 58.4 Å². The number of sulfonamides is 1. The molecule has 0 aliphatic carbocycles. The molecule has 3 rings (SSSR count). The van der Waals surface area contributed by atoms with Crippen LogP contribution in [0.5, 0.6) is 0 Å². The van der Waals surface area contributed by atoms with E-state index in [-0.39, 0.29) is 4.90 Å². The first-order chi connectivity index (χ1) is 13.2. The van der Waals surface area contributed by atoms with Crippen molar-refractivity contribution >= 4 is 27.3 Å². The molecule has 2 aromatic carbocycles. The van der Waals surface area contributed by atoms with E-state index in [2.05, 4.69) is 21.6 Å². The molecule has 28 heavy (non-hydrogen) atoms. The monoisotopic (exact) mass is 425 g/mol. The third-order valence-corrected chi connectivity index (χ3v) is 6.99. The second-order valence-corrected chi connectivity index (χ2v) is 9.37. The fourth-order valence-corrected chi connectivity index (χ4v) is 5.16. The maximum absolute atomic E-state index is 14.0. The minimum Gasteiger partial charge on any atom is -0.369 e. The van der Waals surface area contributed by atoms with Gasteiger partial charge in [0.2, 0.25) is 10.0 Å². The van der Waals surface area contributed by atoms with Crippen molar-refractivity contribution in [1.82, 2.24) is 9.62 Å². The van der Waals surface area contributed by atoms with Crippen molar-refractivity contribution in [2.45, 2.75) is 24.8 Å². The van der Waals surface area contributed by atoms with Gasteiger partial charge in [-0.05, 0) is 62.4 Å². The maximum atomic E-state index is 14.0. The first kappa shape index (κ1) is 21.0.